The highest BCUT2D eigenvalue weighted by atomic mass is 127. The van der Waals surface area contributed by atoms with E-state index in [1.165, 1.54) is 17.4 Å². The average molecular weight is 242 g/mol. The van der Waals surface area contributed by atoms with Crippen LogP contribution in [0.4, 0.5) is 4.39 Å². The van der Waals surface area contributed by atoms with Gasteiger partial charge < -0.3 is 0 Å². The Morgan fingerprint density at radius 1 is 1.62 bits per heavy atom. The molecule has 0 N–H and O–H groups in total. The highest BCUT2D eigenvalue weighted by Gasteiger charge is 1.93. The van der Waals surface area contributed by atoms with Crippen molar-refractivity contribution in [3.8, 4) is 0 Å². The Morgan fingerprint density at radius 2 is 2.38 bits per heavy atom. The zero-order valence-electron chi connectivity index (χ0n) is 4.03. The maximum Gasteiger partial charge on any atom is 0.176 e. The van der Waals surface area contributed by atoms with Crippen LogP contribution in [0.25, 0.3) is 0 Å². The molecule has 0 radical (unpaired) electrons. The molecule has 0 nitrogen and oxygen atoms in total. The van der Waals surface area contributed by atoms with Gasteiger partial charge in [-0.25, -0.2) is 0 Å². The van der Waals surface area contributed by atoms with Gasteiger partial charge in [-0.05, 0) is 12.1 Å². The fourth-order valence-electron chi connectivity index (χ4n) is 0.424. The lowest BCUT2D eigenvalue weighted by atomic mass is 10.5. The third-order valence-corrected chi connectivity index (χ3v) is 2.97. The second-order valence-electron chi connectivity index (χ2n) is 1.34. The Morgan fingerprint density at radius 3 is 2.62 bits per heavy atom. The number of alkyl halides is 1. The summed E-state index contributed by atoms with van der Waals surface area (Å²) in [4.78, 5) is 1.10. The Kier molecular flexibility index (Phi) is 2.25. The highest BCUT2D eigenvalue weighted by molar-refractivity contribution is 14.1. The zero-order valence-corrected chi connectivity index (χ0v) is 7.00. The maximum atomic E-state index is 12.1. The van der Waals surface area contributed by atoms with Crippen LogP contribution in [-0.2, 0) is 4.43 Å². The van der Waals surface area contributed by atoms with Crippen molar-refractivity contribution in [1.29, 1.82) is 0 Å². The Hall–Kier alpha value is 0.360. The van der Waals surface area contributed by atoms with E-state index in [-0.39, 0.29) is 5.13 Å². The average Bonchev–Trinajstić information content (AvgIpc) is 2.14. The van der Waals surface area contributed by atoms with E-state index in [9.17, 15) is 4.39 Å². The first kappa shape index (κ1) is 6.48. The lowest BCUT2D eigenvalue weighted by Gasteiger charge is -1.77. The molecule has 1 aromatic rings. The minimum Gasteiger partial charge on any atom is -0.195 e. The zero-order chi connectivity index (χ0) is 5.98. The molecule has 0 bridgehead atoms. The molecule has 0 amide bonds. The SMILES string of the molecule is Fc1ccc(CI)s1. The lowest BCUT2D eigenvalue weighted by molar-refractivity contribution is 0.657. The van der Waals surface area contributed by atoms with Crippen LogP contribution in [0.15, 0.2) is 12.1 Å². The van der Waals surface area contributed by atoms with E-state index in [0.29, 0.717) is 0 Å². The van der Waals surface area contributed by atoms with Gasteiger partial charge in [0.1, 0.15) is 0 Å². The van der Waals surface area contributed by atoms with Gasteiger partial charge in [-0.3, -0.25) is 0 Å². The summed E-state index contributed by atoms with van der Waals surface area (Å²) in [5, 5.41) is -0.0864. The van der Waals surface area contributed by atoms with Gasteiger partial charge in [-0.2, -0.15) is 4.39 Å². The van der Waals surface area contributed by atoms with Gasteiger partial charge >= 0.3 is 0 Å². The summed E-state index contributed by atoms with van der Waals surface area (Å²) < 4.78 is 13.0. The van der Waals surface area contributed by atoms with Crippen molar-refractivity contribution in [2.75, 3.05) is 0 Å². The van der Waals surface area contributed by atoms with Crippen molar-refractivity contribution in [2.45, 2.75) is 4.43 Å². The predicted molar refractivity (Wildman–Crippen MR) is 42.0 cm³/mol. The van der Waals surface area contributed by atoms with Crippen molar-refractivity contribution in [1.82, 2.24) is 0 Å². The van der Waals surface area contributed by atoms with Crippen LogP contribution < -0.4 is 0 Å². The molecule has 1 rings (SSSR count). The molecule has 1 heterocycles. The van der Waals surface area contributed by atoms with Gasteiger partial charge in [0.25, 0.3) is 0 Å². The molecule has 3 heteroatoms. The van der Waals surface area contributed by atoms with E-state index in [2.05, 4.69) is 22.6 Å². The normalized spacial score (nSPS) is 9.75. The molecule has 8 heavy (non-hydrogen) atoms. The monoisotopic (exact) mass is 242 g/mol. The molecule has 0 aliphatic heterocycles. The number of halogens is 2. The van der Waals surface area contributed by atoms with Gasteiger partial charge in [-0.1, -0.05) is 22.6 Å². The highest BCUT2D eigenvalue weighted by Crippen LogP contribution is 2.16. The molecule has 1 aromatic heterocycles. The molecule has 0 aliphatic carbocycles. The van der Waals surface area contributed by atoms with Gasteiger partial charge in [0.15, 0.2) is 5.13 Å². The molecule has 44 valence electrons. The van der Waals surface area contributed by atoms with Crippen LogP contribution in [0.1, 0.15) is 4.88 Å². The summed E-state index contributed by atoms with van der Waals surface area (Å²) in [6, 6.07) is 3.31. The van der Waals surface area contributed by atoms with E-state index in [1.54, 1.807) is 0 Å². The van der Waals surface area contributed by atoms with Gasteiger partial charge in [0, 0.05) is 9.30 Å². The molecule has 0 aromatic carbocycles. The fourth-order valence-corrected chi connectivity index (χ4v) is 1.72. The van der Waals surface area contributed by atoms with Gasteiger partial charge in [0.05, 0.1) is 0 Å². The Bertz CT molecular complexity index is 173. The van der Waals surface area contributed by atoms with E-state index < -0.39 is 0 Å². The number of hydrogen-bond donors (Lipinski definition) is 0. The minimum absolute atomic E-state index is 0.0864. The molecule has 0 atom stereocenters. The van der Waals surface area contributed by atoms with Crippen LogP contribution in [0.3, 0.4) is 0 Å². The standard InChI is InChI=1S/C5H4FIS/c6-5-2-1-4(3-7)8-5/h1-2H,3H2. The van der Waals surface area contributed by atoms with Gasteiger partial charge in [0.2, 0.25) is 0 Å². The summed E-state index contributed by atoms with van der Waals surface area (Å²) in [7, 11) is 0. The van der Waals surface area contributed by atoms with E-state index in [4.69, 9.17) is 0 Å². The predicted octanol–water partition coefficient (Wildman–Crippen LogP) is 2.82. The first-order valence-corrected chi connectivity index (χ1v) is 4.47. The van der Waals surface area contributed by atoms with Crippen LogP contribution in [0.2, 0.25) is 0 Å². The van der Waals surface area contributed by atoms with Crippen molar-refractivity contribution >= 4 is 33.9 Å². The first-order chi connectivity index (χ1) is 3.83. The number of thiophene rings is 1. The quantitative estimate of drug-likeness (QED) is 0.524. The lowest BCUT2D eigenvalue weighted by Crippen LogP contribution is -1.57. The molecule has 0 saturated carbocycles. The summed E-state index contributed by atoms with van der Waals surface area (Å²) in [5.41, 5.74) is 0. The van der Waals surface area contributed by atoms with Crippen LogP contribution in [-0.4, -0.2) is 0 Å². The first-order valence-electron chi connectivity index (χ1n) is 2.13. The van der Waals surface area contributed by atoms with E-state index in [1.807, 2.05) is 6.07 Å². The Labute approximate surface area is 64.9 Å². The van der Waals surface area contributed by atoms with E-state index in [0.717, 1.165) is 9.30 Å². The largest absolute Gasteiger partial charge is 0.195 e. The van der Waals surface area contributed by atoms with Crippen LogP contribution in [0, 0.1) is 5.13 Å². The summed E-state index contributed by atoms with van der Waals surface area (Å²) in [5.74, 6) is 0. The molecule has 0 spiro atoms. The number of rotatable bonds is 1. The second-order valence-corrected chi connectivity index (χ2v) is 3.22. The summed E-state index contributed by atoms with van der Waals surface area (Å²) >= 11 is 3.42. The van der Waals surface area contributed by atoms with Crippen molar-refractivity contribution < 1.29 is 4.39 Å². The third-order valence-electron chi connectivity index (χ3n) is 0.761. The second kappa shape index (κ2) is 2.77. The minimum atomic E-state index is -0.0864. The molecular formula is C5H4FIS. The smallest absolute Gasteiger partial charge is 0.176 e. The summed E-state index contributed by atoms with van der Waals surface area (Å²) in [6.07, 6.45) is 0. The van der Waals surface area contributed by atoms with Crippen LogP contribution >= 0.6 is 33.9 Å². The fraction of sp³-hybridized carbons (Fsp3) is 0.200. The van der Waals surface area contributed by atoms with Crippen LogP contribution in [0.5, 0.6) is 0 Å². The molecule has 0 unspecified atom stereocenters. The van der Waals surface area contributed by atoms with E-state index >= 15 is 0 Å². The topological polar surface area (TPSA) is 0 Å². The Balaban J connectivity index is 2.84. The van der Waals surface area contributed by atoms with Gasteiger partial charge in [-0.15, -0.1) is 11.3 Å². The summed E-state index contributed by atoms with van der Waals surface area (Å²) in [6.45, 7) is 0. The van der Waals surface area contributed by atoms with Crippen molar-refractivity contribution in [3.05, 3.63) is 22.1 Å². The maximum absolute atomic E-state index is 12.1. The molecular weight excluding hydrogens is 238 g/mol. The molecule has 0 saturated heterocycles. The molecule has 0 fully saturated rings. The molecule has 0 aliphatic rings. The third kappa shape index (κ3) is 1.42. The van der Waals surface area contributed by atoms with Crippen molar-refractivity contribution in [3.63, 3.8) is 0 Å². The van der Waals surface area contributed by atoms with Crippen molar-refractivity contribution in [2.24, 2.45) is 0 Å². The number of hydrogen-bond acceptors (Lipinski definition) is 1.